The van der Waals surface area contributed by atoms with Crippen molar-refractivity contribution in [2.75, 3.05) is 5.73 Å². The minimum atomic E-state index is -5.13. The number of rotatable bonds is 5. The summed E-state index contributed by atoms with van der Waals surface area (Å²) in [6.07, 6.45) is 3.48. The second kappa shape index (κ2) is 6.16. The molecule has 24 heavy (non-hydrogen) atoms. The van der Waals surface area contributed by atoms with E-state index in [2.05, 4.69) is 19.3 Å². The normalized spacial score (nSPS) is 24.3. The van der Waals surface area contributed by atoms with E-state index in [1.165, 1.54) is 6.33 Å². The molecule has 0 bridgehead atoms. The van der Waals surface area contributed by atoms with Crippen LogP contribution in [0.4, 0.5) is 5.82 Å². The minimum Gasteiger partial charge on any atom is -0.382 e. The van der Waals surface area contributed by atoms with Crippen molar-refractivity contribution in [1.29, 1.82) is 0 Å². The predicted octanol–water partition coefficient (Wildman–Crippen LogP) is 0.728. The smallest absolute Gasteiger partial charge is 0.382 e. The fraction of sp³-hybridized carbons (Fsp3) is 0.500. The summed E-state index contributed by atoms with van der Waals surface area (Å²) in [7, 11) is -9.99. The van der Waals surface area contributed by atoms with Crippen molar-refractivity contribution in [1.82, 2.24) is 19.5 Å². The van der Waals surface area contributed by atoms with Crippen LogP contribution in [0.25, 0.3) is 11.2 Å². The highest BCUT2D eigenvalue weighted by atomic mass is 31.3. The fourth-order valence-corrected chi connectivity index (χ4v) is 4.54. The number of anilines is 1. The lowest BCUT2D eigenvalue weighted by Gasteiger charge is -2.17. The van der Waals surface area contributed by atoms with Crippen molar-refractivity contribution in [3.63, 3.8) is 0 Å². The van der Waals surface area contributed by atoms with E-state index in [0.717, 1.165) is 0 Å². The van der Waals surface area contributed by atoms with Crippen LogP contribution in [-0.4, -0.2) is 40.3 Å². The Bertz CT molecular complexity index is 851. The molecule has 2 aromatic rings. The van der Waals surface area contributed by atoms with Crippen LogP contribution in [-0.2, 0) is 18.0 Å². The van der Waals surface area contributed by atoms with Gasteiger partial charge < -0.3 is 25.0 Å². The maximum atomic E-state index is 11.6. The van der Waals surface area contributed by atoms with Crippen LogP contribution in [0.3, 0.4) is 0 Å². The summed E-state index contributed by atoms with van der Waals surface area (Å²) in [4.78, 5) is 38.8. The van der Waals surface area contributed by atoms with E-state index >= 15 is 0 Å². The largest absolute Gasteiger partial charge is 0.481 e. The minimum absolute atomic E-state index is 0.121. The van der Waals surface area contributed by atoms with Gasteiger partial charge in [0.05, 0.1) is 12.4 Å². The fourth-order valence-electron chi connectivity index (χ4n) is 2.75. The molecule has 5 N–H and O–H groups in total. The van der Waals surface area contributed by atoms with Gasteiger partial charge in [-0.15, -0.1) is 0 Å². The molecule has 1 unspecified atom stereocenters. The van der Waals surface area contributed by atoms with E-state index in [-0.39, 0.29) is 11.9 Å². The summed E-state index contributed by atoms with van der Waals surface area (Å²) < 4.78 is 32.7. The van der Waals surface area contributed by atoms with Gasteiger partial charge in [0, 0.05) is 6.04 Å². The standard InChI is InChI=1S/C10H15N5O7P2/c11-9-8-10(13-4-12-9)15(5-14-8)6-1-2-7(3-6)21-24(19,20)22-23(16,17)18/h4-7H,1-3H2,(H,19,20)(H2,11,12,13)(H2,16,17,18)/t6-,7-/m1/s1. The molecule has 12 nitrogen and oxygen atoms in total. The van der Waals surface area contributed by atoms with Gasteiger partial charge in [0.1, 0.15) is 11.8 Å². The molecule has 0 radical (unpaired) electrons. The van der Waals surface area contributed by atoms with Gasteiger partial charge in [-0.1, -0.05) is 0 Å². The molecule has 0 amide bonds. The maximum Gasteiger partial charge on any atom is 0.481 e. The number of aromatic nitrogens is 4. The first kappa shape index (κ1) is 17.4. The van der Waals surface area contributed by atoms with Crippen LogP contribution in [0.15, 0.2) is 12.7 Å². The average molecular weight is 379 g/mol. The van der Waals surface area contributed by atoms with Crippen LogP contribution < -0.4 is 5.73 Å². The number of imidazole rings is 1. The number of nitrogens with two attached hydrogens (primary N) is 1. The molecule has 132 valence electrons. The molecule has 1 saturated carbocycles. The summed E-state index contributed by atoms with van der Waals surface area (Å²) in [5.41, 5.74) is 6.72. The van der Waals surface area contributed by atoms with Crippen LogP contribution >= 0.6 is 15.6 Å². The van der Waals surface area contributed by atoms with Gasteiger partial charge in [0.15, 0.2) is 11.5 Å². The highest BCUT2D eigenvalue weighted by Crippen LogP contribution is 2.59. The molecule has 2 aromatic heterocycles. The molecule has 14 heteroatoms. The third-order valence-corrected chi connectivity index (χ3v) is 5.87. The van der Waals surface area contributed by atoms with Gasteiger partial charge in [-0.25, -0.2) is 24.1 Å². The van der Waals surface area contributed by atoms with E-state index < -0.39 is 21.7 Å². The van der Waals surface area contributed by atoms with Gasteiger partial charge >= 0.3 is 15.6 Å². The molecular weight excluding hydrogens is 364 g/mol. The Labute approximate surface area is 135 Å². The van der Waals surface area contributed by atoms with Gasteiger partial charge in [-0.2, -0.15) is 4.31 Å². The number of hydrogen-bond acceptors (Lipinski definition) is 8. The summed E-state index contributed by atoms with van der Waals surface area (Å²) in [5.74, 6) is 0.249. The lowest BCUT2D eigenvalue weighted by Crippen LogP contribution is -2.10. The van der Waals surface area contributed by atoms with Gasteiger partial charge in [0.25, 0.3) is 0 Å². The molecule has 3 rings (SSSR count). The molecule has 0 saturated heterocycles. The topological polar surface area (TPSA) is 183 Å². The van der Waals surface area contributed by atoms with Crippen molar-refractivity contribution in [2.45, 2.75) is 31.4 Å². The number of nitrogens with zero attached hydrogens (tertiary/aromatic N) is 4. The van der Waals surface area contributed by atoms with Crippen molar-refractivity contribution in [3.8, 4) is 0 Å². The van der Waals surface area contributed by atoms with E-state index in [1.54, 1.807) is 10.9 Å². The van der Waals surface area contributed by atoms with Crippen molar-refractivity contribution >= 4 is 32.6 Å². The average Bonchev–Trinajstić information content (AvgIpc) is 3.02. The van der Waals surface area contributed by atoms with Crippen LogP contribution in [0, 0.1) is 0 Å². The molecule has 0 spiro atoms. The molecule has 1 aliphatic carbocycles. The molecule has 1 fully saturated rings. The second-order valence-electron chi connectivity index (χ2n) is 5.32. The van der Waals surface area contributed by atoms with Gasteiger partial charge in [-0.3, -0.25) is 4.52 Å². The Morgan fingerprint density at radius 1 is 1.21 bits per heavy atom. The molecule has 0 aliphatic heterocycles. The summed E-state index contributed by atoms with van der Waals surface area (Å²) >= 11 is 0. The predicted molar refractivity (Wildman–Crippen MR) is 80.5 cm³/mol. The second-order valence-corrected chi connectivity index (χ2v) is 8.10. The molecule has 1 aliphatic rings. The highest BCUT2D eigenvalue weighted by molar-refractivity contribution is 7.60. The first-order valence-electron chi connectivity index (χ1n) is 6.86. The number of phosphoric acid groups is 2. The Morgan fingerprint density at radius 2 is 1.96 bits per heavy atom. The van der Waals surface area contributed by atoms with Crippen molar-refractivity contribution in [2.24, 2.45) is 0 Å². The van der Waals surface area contributed by atoms with Crippen LogP contribution in [0.2, 0.25) is 0 Å². The Kier molecular flexibility index (Phi) is 4.47. The monoisotopic (exact) mass is 379 g/mol. The van der Waals surface area contributed by atoms with E-state index in [9.17, 15) is 14.0 Å². The van der Waals surface area contributed by atoms with Gasteiger partial charge in [0.2, 0.25) is 0 Å². The molecule has 2 heterocycles. The Balaban J connectivity index is 1.72. The first-order valence-corrected chi connectivity index (χ1v) is 9.88. The quantitative estimate of drug-likeness (QED) is 0.537. The summed E-state index contributed by atoms with van der Waals surface area (Å²) in [6, 6.07) is -0.121. The SMILES string of the molecule is Nc1ncnc2c1ncn2[C@@H]1CC[C@@H](OP(=O)(O)OP(=O)(O)O)C1. The first-order chi connectivity index (χ1) is 11.1. The Morgan fingerprint density at radius 3 is 2.67 bits per heavy atom. The molecule has 0 aromatic carbocycles. The zero-order chi connectivity index (χ0) is 17.5. The van der Waals surface area contributed by atoms with Crippen molar-refractivity contribution < 1.29 is 32.6 Å². The van der Waals surface area contributed by atoms with E-state index in [0.29, 0.717) is 30.4 Å². The lowest BCUT2D eigenvalue weighted by molar-refractivity contribution is 0.128. The highest BCUT2D eigenvalue weighted by Gasteiger charge is 2.38. The number of fused-ring (bicyclic) bond motifs is 1. The molecule has 3 atom stereocenters. The number of nitrogen functional groups attached to an aromatic ring is 1. The van der Waals surface area contributed by atoms with E-state index in [4.69, 9.17) is 20.0 Å². The van der Waals surface area contributed by atoms with Crippen LogP contribution in [0.5, 0.6) is 0 Å². The van der Waals surface area contributed by atoms with Gasteiger partial charge in [-0.05, 0) is 19.3 Å². The van der Waals surface area contributed by atoms with Crippen molar-refractivity contribution in [3.05, 3.63) is 12.7 Å². The third kappa shape index (κ3) is 3.81. The molecular formula is C10H15N5O7P2. The van der Waals surface area contributed by atoms with E-state index in [1.807, 2.05) is 0 Å². The van der Waals surface area contributed by atoms with Crippen LogP contribution in [0.1, 0.15) is 25.3 Å². The lowest BCUT2D eigenvalue weighted by atomic mass is 10.2. The number of phosphoric ester groups is 1. The zero-order valence-corrected chi connectivity index (χ0v) is 14.0. The Hall–Kier alpha value is -1.39. The third-order valence-electron chi connectivity index (χ3n) is 3.63. The summed E-state index contributed by atoms with van der Waals surface area (Å²) in [6.45, 7) is 0. The maximum absolute atomic E-state index is 11.6. The zero-order valence-electron chi connectivity index (χ0n) is 12.2. The summed E-state index contributed by atoms with van der Waals surface area (Å²) in [5, 5.41) is 0. The number of hydrogen-bond donors (Lipinski definition) is 4.